The zero-order valence-corrected chi connectivity index (χ0v) is 6.40. The fraction of sp³-hybridized carbons (Fsp3) is 0.250. The zero-order valence-electron chi connectivity index (χ0n) is 6.40. The standard InChI is InChI=1S/C8H10N2O/c1-10(7-11)6-8-4-2-3-5-9-8/h2-5,7H,6H2,1H3. The van der Waals surface area contributed by atoms with Crippen LogP contribution in [0.2, 0.25) is 0 Å². The maximum atomic E-state index is 10.2. The second kappa shape index (κ2) is 3.71. The summed E-state index contributed by atoms with van der Waals surface area (Å²) in [7, 11) is 1.72. The summed E-state index contributed by atoms with van der Waals surface area (Å²) in [5.74, 6) is 0. The lowest BCUT2D eigenvalue weighted by Crippen LogP contribution is -2.15. The van der Waals surface area contributed by atoms with E-state index in [4.69, 9.17) is 0 Å². The smallest absolute Gasteiger partial charge is 0.209 e. The predicted molar refractivity (Wildman–Crippen MR) is 41.8 cm³/mol. The molecule has 0 aliphatic heterocycles. The van der Waals surface area contributed by atoms with Crippen LogP contribution in [0.25, 0.3) is 0 Å². The molecule has 0 aliphatic carbocycles. The molecule has 1 aromatic rings. The number of carbonyl (C=O) groups is 1. The van der Waals surface area contributed by atoms with Crippen molar-refractivity contribution in [3.8, 4) is 0 Å². The SMILES string of the molecule is CN(C=O)Cc1ccccn1. The van der Waals surface area contributed by atoms with Crippen molar-refractivity contribution in [2.45, 2.75) is 6.54 Å². The maximum Gasteiger partial charge on any atom is 0.209 e. The molecule has 58 valence electrons. The largest absolute Gasteiger partial charge is 0.342 e. The minimum atomic E-state index is 0.574. The highest BCUT2D eigenvalue weighted by atomic mass is 16.1. The van der Waals surface area contributed by atoms with Crippen LogP contribution < -0.4 is 0 Å². The van der Waals surface area contributed by atoms with Crippen LogP contribution in [0.4, 0.5) is 0 Å². The zero-order chi connectivity index (χ0) is 8.10. The van der Waals surface area contributed by atoms with E-state index >= 15 is 0 Å². The van der Waals surface area contributed by atoms with Gasteiger partial charge in [-0.1, -0.05) is 6.07 Å². The molecule has 11 heavy (non-hydrogen) atoms. The number of carbonyl (C=O) groups excluding carboxylic acids is 1. The summed E-state index contributed by atoms with van der Waals surface area (Å²) in [6.07, 6.45) is 2.50. The number of rotatable bonds is 3. The number of pyridine rings is 1. The Balaban J connectivity index is 2.57. The topological polar surface area (TPSA) is 33.2 Å². The van der Waals surface area contributed by atoms with Gasteiger partial charge in [-0.25, -0.2) is 0 Å². The van der Waals surface area contributed by atoms with Gasteiger partial charge in [0.1, 0.15) is 0 Å². The molecule has 3 heteroatoms. The van der Waals surface area contributed by atoms with Crippen LogP contribution in [0.15, 0.2) is 24.4 Å². The molecule has 0 saturated carbocycles. The molecule has 1 amide bonds. The minimum Gasteiger partial charge on any atom is -0.342 e. The van der Waals surface area contributed by atoms with Crippen LogP contribution in [0.5, 0.6) is 0 Å². The Kier molecular flexibility index (Phi) is 2.60. The monoisotopic (exact) mass is 150 g/mol. The molecule has 0 aliphatic rings. The van der Waals surface area contributed by atoms with Gasteiger partial charge in [0.25, 0.3) is 0 Å². The van der Waals surface area contributed by atoms with Crippen molar-refractivity contribution < 1.29 is 4.79 Å². The molecule has 3 nitrogen and oxygen atoms in total. The second-order valence-electron chi connectivity index (χ2n) is 2.34. The molecule has 0 fully saturated rings. The summed E-state index contributed by atoms with van der Waals surface area (Å²) < 4.78 is 0. The van der Waals surface area contributed by atoms with E-state index in [0.717, 1.165) is 12.1 Å². The molecule has 0 unspecified atom stereocenters. The molecule has 1 heterocycles. The molecule has 0 saturated heterocycles. The number of hydrogen-bond donors (Lipinski definition) is 0. The normalized spacial score (nSPS) is 9.18. The van der Waals surface area contributed by atoms with Crippen LogP contribution in [0.1, 0.15) is 5.69 Å². The van der Waals surface area contributed by atoms with Crippen molar-refractivity contribution in [3.05, 3.63) is 30.1 Å². The lowest BCUT2D eigenvalue weighted by molar-refractivity contribution is -0.117. The van der Waals surface area contributed by atoms with Gasteiger partial charge in [0.05, 0.1) is 12.2 Å². The summed E-state index contributed by atoms with van der Waals surface area (Å²) in [6.45, 7) is 0.574. The molecule has 0 aromatic carbocycles. The highest BCUT2D eigenvalue weighted by Gasteiger charge is 1.95. The van der Waals surface area contributed by atoms with E-state index in [-0.39, 0.29) is 0 Å². The van der Waals surface area contributed by atoms with E-state index in [2.05, 4.69) is 4.98 Å². The van der Waals surface area contributed by atoms with Crippen molar-refractivity contribution >= 4 is 6.41 Å². The van der Waals surface area contributed by atoms with Crippen LogP contribution in [0.3, 0.4) is 0 Å². The summed E-state index contributed by atoms with van der Waals surface area (Å²) in [5.41, 5.74) is 0.905. The Morgan fingerprint density at radius 2 is 2.45 bits per heavy atom. The molecule has 0 spiro atoms. The summed E-state index contributed by atoms with van der Waals surface area (Å²) in [6, 6.07) is 5.64. The Labute approximate surface area is 65.7 Å². The number of amides is 1. The van der Waals surface area contributed by atoms with Crippen molar-refractivity contribution in [2.75, 3.05) is 7.05 Å². The van der Waals surface area contributed by atoms with Gasteiger partial charge in [0, 0.05) is 13.2 Å². The minimum absolute atomic E-state index is 0.574. The first-order chi connectivity index (χ1) is 5.33. The third-order valence-electron chi connectivity index (χ3n) is 1.32. The van der Waals surface area contributed by atoms with Gasteiger partial charge in [-0.05, 0) is 12.1 Å². The Bertz CT molecular complexity index is 223. The molecule has 0 atom stereocenters. The summed E-state index contributed by atoms with van der Waals surface area (Å²) >= 11 is 0. The van der Waals surface area contributed by atoms with Gasteiger partial charge in [-0.15, -0.1) is 0 Å². The second-order valence-corrected chi connectivity index (χ2v) is 2.34. The van der Waals surface area contributed by atoms with E-state index in [1.165, 1.54) is 0 Å². The molecule has 0 radical (unpaired) electrons. The van der Waals surface area contributed by atoms with E-state index in [1.807, 2.05) is 18.2 Å². The van der Waals surface area contributed by atoms with Crippen LogP contribution >= 0.6 is 0 Å². The third kappa shape index (κ3) is 2.37. The van der Waals surface area contributed by atoms with Gasteiger partial charge in [0.15, 0.2) is 0 Å². The first-order valence-corrected chi connectivity index (χ1v) is 3.38. The fourth-order valence-corrected chi connectivity index (χ4v) is 0.784. The molecular weight excluding hydrogens is 140 g/mol. The van der Waals surface area contributed by atoms with Crippen LogP contribution in [-0.4, -0.2) is 23.3 Å². The van der Waals surface area contributed by atoms with Gasteiger partial charge in [0.2, 0.25) is 6.41 Å². The molecule has 1 aromatic heterocycles. The molecular formula is C8H10N2O. The Morgan fingerprint density at radius 1 is 1.64 bits per heavy atom. The number of hydrogen-bond acceptors (Lipinski definition) is 2. The molecule has 0 N–H and O–H groups in total. The van der Waals surface area contributed by atoms with Crippen molar-refractivity contribution in [1.82, 2.24) is 9.88 Å². The van der Waals surface area contributed by atoms with Crippen molar-refractivity contribution in [2.24, 2.45) is 0 Å². The van der Waals surface area contributed by atoms with Crippen molar-refractivity contribution in [1.29, 1.82) is 0 Å². The highest BCUT2D eigenvalue weighted by molar-refractivity contribution is 5.46. The van der Waals surface area contributed by atoms with E-state index in [1.54, 1.807) is 18.1 Å². The number of nitrogens with zero attached hydrogens (tertiary/aromatic N) is 2. The van der Waals surface area contributed by atoms with Gasteiger partial charge >= 0.3 is 0 Å². The van der Waals surface area contributed by atoms with Crippen LogP contribution in [-0.2, 0) is 11.3 Å². The van der Waals surface area contributed by atoms with Crippen LogP contribution in [0, 0.1) is 0 Å². The van der Waals surface area contributed by atoms with E-state index in [0.29, 0.717) is 6.54 Å². The third-order valence-corrected chi connectivity index (χ3v) is 1.32. The summed E-state index contributed by atoms with van der Waals surface area (Å²) in [5, 5.41) is 0. The van der Waals surface area contributed by atoms with Crippen molar-refractivity contribution in [3.63, 3.8) is 0 Å². The van der Waals surface area contributed by atoms with Gasteiger partial charge < -0.3 is 4.90 Å². The van der Waals surface area contributed by atoms with Gasteiger partial charge in [-0.2, -0.15) is 0 Å². The van der Waals surface area contributed by atoms with Gasteiger partial charge in [-0.3, -0.25) is 9.78 Å². The average Bonchev–Trinajstić information content (AvgIpc) is 2.06. The summed E-state index contributed by atoms with van der Waals surface area (Å²) in [4.78, 5) is 15.8. The first-order valence-electron chi connectivity index (χ1n) is 3.38. The van der Waals surface area contributed by atoms with E-state index < -0.39 is 0 Å². The lowest BCUT2D eigenvalue weighted by Gasteiger charge is -2.08. The quantitative estimate of drug-likeness (QED) is 0.593. The lowest BCUT2D eigenvalue weighted by atomic mass is 10.3. The molecule has 0 bridgehead atoms. The Hall–Kier alpha value is -1.38. The van der Waals surface area contributed by atoms with E-state index in [9.17, 15) is 4.79 Å². The first kappa shape index (κ1) is 7.72. The average molecular weight is 150 g/mol. The fourth-order valence-electron chi connectivity index (χ4n) is 0.784. The Morgan fingerprint density at radius 3 is 3.00 bits per heavy atom. The predicted octanol–water partition coefficient (Wildman–Crippen LogP) is 0.670. The number of aromatic nitrogens is 1. The molecule has 1 rings (SSSR count). The highest BCUT2D eigenvalue weighted by Crippen LogP contribution is 1.95. The maximum absolute atomic E-state index is 10.2.